The topological polar surface area (TPSA) is 38.5 Å². The number of hydrogen-bond acceptors (Lipinski definition) is 3. The first-order chi connectivity index (χ1) is 8.49. The number of allylic oxidation sites excluding steroid dienone is 4. The molecular weight excluding hydrogens is 224 g/mol. The maximum Gasteiger partial charge on any atom is 0.139 e. The van der Waals surface area contributed by atoms with Crippen LogP contribution in [0.2, 0.25) is 0 Å². The molecule has 0 aromatic carbocycles. The molecule has 0 saturated carbocycles. The van der Waals surface area contributed by atoms with Gasteiger partial charge in [0.15, 0.2) is 0 Å². The van der Waals surface area contributed by atoms with Crippen LogP contribution in [0.5, 0.6) is 0 Å². The molecule has 0 spiro atoms. The third-order valence-electron chi connectivity index (χ3n) is 3.32. The van der Waals surface area contributed by atoms with Crippen molar-refractivity contribution in [2.24, 2.45) is 5.73 Å². The molecule has 1 aliphatic heterocycles. The lowest BCUT2D eigenvalue weighted by Gasteiger charge is -2.34. The summed E-state index contributed by atoms with van der Waals surface area (Å²) in [5.74, 6) is 0.925. The van der Waals surface area contributed by atoms with Gasteiger partial charge in [0.1, 0.15) is 12.4 Å². The summed E-state index contributed by atoms with van der Waals surface area (Å²) in [6, 6.07) is 0. The van der Waals surface area contributed by atoms with E-state index in [9.17, 15) is 0 Å². The predicted octanol–water partition coefficient (Wildman–Crippen LogP) is 2.81. The van der Waals surface area contributed by atoms with Gasteiger partial charge in [0.25, 0.3) is 0 Å². The minimum absolute atomic E-state index is 0.509. The highest BCUT2D eigenvalue weighted by Crippen LogP contribution is 2.31. The van der Waals surface area contributed by atoms with Crippen molar-refractivity contribution in [3.8, 4) is 0 Å². The van der Waals surface area contributed by atoms with Gasteiger partial charge in [-0.3, -0.25) is 0 Å². The van der Waals surface area contributed by atoms with Crippen LogP contribution in [0.25, 0.3) is 0 Å². The van der Waals surface area contributed by atoms with E-state index < -0.39 is 0 Å². The average Bonchev–Trinajstić information content (AvgIpc) is 2.44. The quantitative estimate of drug-likeness (QED) is 0.811. The van der Waals surface area contributed by atoms with Gasteiger partial charge in [0, 0.05) is 17.8 Å². The van der Waals surface area contributed by atoms with Gasteiger partial charge in [-0.25, -0.2) is 0 Å². The maximum absolute atomic E-state index is 5.76. The summed E-state index contributed by atoms with van der Waals surface area (Å²) in [5.41, 5.74) is 10.9. The van der Waals surface area contributed by atoms with E-state index in [1.165, 1.54) is 11.1 Å². The Hall–Kier alpha value is -1.90. The first-order valence-electron chi connectivity index (χ1n) is 6.09. The van der Waals surface area contributed by atoms with Crippen molar-refractivity contribution in [1.82, 2.24) is 4.90 Å². The largest absolute Gasteiger partial charge is 0.486 e. The lowest BCUT2D eigenvalue weighted by atomic mass is 10.1. The van der Waals surface area contributed by atoms with Crippen LogP contribution in [-0.4, -0.2) is 18.1 Å². The van der Waals surface area contributed by atoms with E-state index in [4.69, 9.17) is 10.5 Å². The number of ether oxygens (including phenoxy) is 1. The Morgan fingerprint density at radius 3 is 2.83 bits per heavy atom. The molecule has 3 heteroatoms. The molecule has 0 bridgehead atoms. The molecule has 1 heterocycles. The van der Waals surface area contributed by atoms with E-state index in [1.54, 1.807) is 0 Å². The highest BCUT2D eigenvalue weighted by Gasteiger charge is 2.24. The van der Waals surface area contributed by atoms with Crippen molar-refractivity contribution >= 4 is 0 Å². The third kappa shape index (κ3) is 2.35. The molecule has 0 radical (unpaired) electrons. The van der Waals surface area contributed by atoms with Crippen LogP contribution < -0.4 is 5.73 Å². The number of nitrogens with two attached hydrogens (primary N) is 1. The average molecular weight is 244 g/mol. The van der Waals surface area contributed by atoms with E-state index in [0.717, 1.165) is 23.6 Å². The molecule has 2 aliphatic rings. The standard InChI is InChI=1S/C15H20N2O/c1-10-5-6-14-15(7-11(10)2)18-9-13(4)17(14)8-12(3)16/h5,7H,3-4,6,8-9,16H2,1-2H3. The second-order valence-electron chi connectivity index (χ2n) is 4.83. The Kier molecular flexibility index (Phi) is 3.32. The van der Waals surface area contributed by atoms with Crippen LogP contribution in [0.3, 0.4) is 0 Å². The second-order valence-corrected chi connectivity index (χ2v) is 4.83. The van der Waals surface area contributed by atoms with Crippen molar-refractivity contribution in [1.29, 1.82) is 0 Å². The summed E-state index contributed by atoms with van der Waals surface area (Å²) in [4.78, 5) is 2.11. The minimum Gasteiger partial charge on any atom is -0.486 e. The molecule has 0 fully saturated rings. The summed E-state index contributed by atoms with van der Waals surface area (Å²) in [6.07, 6.45) is 5.14. The van der Waals surface area contributed by atoms with Gasteiger partial charge in [0.05, 0.1) is 12.2 Å². The normalized spacial score (nSPS) is 19.7. The van der Waals surface area contributed by atoms with Gasteiger partial charge >= 0.3 is 0 Å². The molecule has 18 heavy (non-hydrogen) atoms. The van der Waals surface area contributed by atoms with E-state index in [0.29, 0.717) is 18.8 Å². The predicted molar refractivity (Wildman–Crippen MR) is 74.3 cm³/mol. The Morgan fingerprint density at radius 2 is 2.17 bits per heavy atom. The second kappa shape index (κ2) is 4.77. The summed E-state index contributed by atoms with van der Waals surface area (Å²) < 4.78 is 5.76. The lowest BCUT2D eigenvalue weighted by molar-refractivity contribution is 0.182. The van der Waals surface area contributed by atoms with Gasteiger partial charge in [-0.15, -0.1) is 0 Å². The Balaban J connectivity index is 2.40. The van der Waals surface area contributed by atoms with Gasteiger partial charge < -0.3 is 15.4 Å². The maximum atomic E-state index is 5.76. The van der Waals surface area contributed by atoms with Gasteiger partial charge in [-0.2, -0.15) is 0 Å². The summed E-state index contributed by atoms with van der Waals surface area (Å²) in [5, 5.41) is 0. The molecule has 2 N–H and O–H groups in total. The first-order valence-corrected chi connectivity index (χ1v) is 6.09. The fourth-order valence-electron chi connectivity index (χ4n) is 2.11. The van der Waals surface area contributed by atoms with Crippen molar-refractivity contribution < 1.29 is 4.74 Å². The molecular formula is C15H20N2O. The van der Waals surface area contributed by atoms with Crippen LogP contribution in [-0.2, 0) is 4.74 Å². The zero-order valence-corrected chi connectivity index (χ0v) is 11.1. The Morgan fingerprint density at radius 1 is 1.44 bits per heavy atom. The zero-order valence-electron chi connectivity index (χ0n) is 11.1. The third-order valence-corrected chi connectivity index (χ3v) is 3.32. The van der Waals surface area contributed by atoms with E-state index in [2.05, 4.69) is 44.1 Å². The highest BCUT2D eigenvalue weighted by molar-refractivity contribution is 5.41. The number of nitrogens with zero attached hydrogens (tertiary/aromatic N) is 1. The Labute approximate surface area is 109 Å². The van der Waals surface area contributed by atoms with Gasteiger partial charge in [-0.05, 0) is 25.5 Å². The molecule has 0 saturated heterocycles. The minimum atomic E-state index is 0.509. The van der Waals surface area contributed by atoms with Crippen molar-refractivity contribution in [2.45, 2.75) is 20.3 Å². The fourth-order valence-corrected chi connectivity index (χ4v) is 2.11. The van der Waals surface area contributed by atoms with Crippen LogP contribution in [0.4, 0.5) is 0 Å². The SMILES string of the molecule is C=C(N)CN1C(=C)COC2=C1CC=C(C)C(C)=C2. The molecule has 96 valence electrons. The molecule has 0 atom stereocenters. The number of rotatable bonds is 2. The van der Waals surface area contributed by atoms with Crippen LogP contribution in [0.15, 0.2) is 59.3 Å². The molecule has 0 amide bonds. The lowest BCUT2D eigenvalue weighted by Crippen LogP contribution is -2.32. The Bertz CT molecular complexity index is 495. The molecule has 0 unspecified atom stereocenters. The zero-order chi connectivity index (χ0) is 13.3. The summed E-state index contributed by atoms with van der Waals surface area (Å²) >= 11 is 0. The van der Waals surface area contributed by atoms with Crippen molar-refractivity contribution in [3.05, 3.63) is 59.3 Å². The van der Waals surface area contributed by atoms with Crippen LogP contribution in [0, 0.1) is 0 Å². The molecule has 0 aromatic heterocycles. The van der Waals surface area contributed by atoms with E-state index in [-0.39, 0.29) is 0 Å². The highest BCUT2D eigenvalue weighted by atomic mass is 16.5. The number of hydrogen-bond donors (Lipinski definition) is 1. The summed E-state index contributed by atoms with van der Waals surface area (Å²) in [7, 11) is 0. The molecule has 3 nitrogen and oxygen atoms in total. The van der Waals surface area contributed by atoms with E-state index in [1.807, 2.05) is 0 Å². The van der Waals surface area contributed by atoms with Crippen LogP contribution in [0.1, 0.15) is 20.3 Å². The van der Waals surface area contributed by atoms with Crippen molar-refractivity contribution in [3.63, 3.8) is 0 Å². The summed E-state index contributed by atoms with van der Waals surface area (Å²) in [6.45, 7) is 13.1. The molecule has 2 rings (SSSR count). The molecule has 0 aromatic rings. The van der Waals surface area contributed by atoms with E-state index >= 15 is 0 Å². The fraction of sp³-hybridized carbons (Fsp3) is 0.333. The monoisotopic (exact) mass is 244 g/mol. The van der Waals surface area contributed by atoms with Crippen LogP contribution >= 0.6 is 0 Å². The smallest absolute Gasteiger partial charge is 0.139 e. The van der Waals surface area contributed by atoms with Gasteiger partial charge in [0.2, 0.25) is 0 Å². The van der Waals surface area contributed by atoms with Crippen molar-refractivity contribution in [2.75, 3.05) is 13.2 Å². The molecule has 1 aliphatic carbocycles. The first kappa shape index (κ1) is 12.6. The van der Waals surface area contributed by atoms with Gasteiger partial charge in [-0.1, -0.05) is 24.8 Å².